The molecular formula is C24H22ClFNO8P. The van der Waals surface area contributed by atoms with Crippen molar-refractivity contribution in [2.24, 2.45) is 5.73 Å². The molecule has 0 radical (unpaired) electrons. The van der Waals surface area contributed by atoms with Crippen molar-refractivity contribution in [2.45, 2.75) is 18.4 Å². The van der Waals surface area contributed by atoms with Gasteiger partial charge in [-0.05, 0) is 54.8 Å². The first-order valence-electron chi connectivity index (χ1n) is 10.7. The van der Waals surface area contributed by atoms with Crippen molar-refractivity contribution in [1.82, 2.24) is 0 Å². The molecular weight excluding hydrogens is 516 g/mol. The molecule has 190 valence electrons. The standard InChI is InChI=1S/C24H22ClFNO8P/c25-19-10-15(3-5-20(19)26)34-16-2-4-17-22(11-16)35-21-6-1-14(9-18(21)23(17)29)7-8-24(27,12-28)13-33-36(30,31)32/h1-6,9-11,28H,7-8,12-13,27H2,(H2,30,31,32). The number of rotatable bonds is 9. The summed E-state index contributed by atoms with van der Waals surface area (Å²) in [5.41, 5.74) is 5.71. The van der Waals surface area contributed by atoms with Gasteiger partial charge >= 0.3 is 7.82 Å². The van der Waals surface area contributed by atoms with Crippen molar-refractivity contribution in [3.63, 3.8) is 0 Å². The normalized spacial score (nSPS) is 13.7. The van der Waals surface area contributed by atoms with Crippen LogP contribution < -0.4 is 15.9 Å². The molecule has 0 spiro atoms. The third-order valence-electron chi connectivity index (χ3n) is 5.58. The first-order chi connectivity index (χ1) is 17.0. The fourth-order valence-electron chi connectivity index (χ4n) is 3.58. The Labute approximate surface area is 209 Å². The van der Waals surface area contributed by atoms with E-state index in [9.17, 15) is 18.9 Å². The van der Waals surface area contributed by atoms with E-state index >= 15 is 0 Å². The van der Waals surface area contributed by atoms with E-state index in [4.69, 9.17) is 36.3 Å². The number of hydrogen-bond acceptors (Lipinski definition) is 7. The van der Waals surface area contributed by atoms with Gasteiger partial charge in [-0.25, -0.2) is 8.96 Å². The van der Waals surface area contributed by atoms with Gasteiger partial charge in [-0.15, -0.1) is 0 Å². The van der Waals surface area contributed by atoms with Gasteiger partial charge in [0.15, 0.2) is 0 Å². The number of aliphatic hydroxyl groups excluding tert-OH is 1. The quantitative estimate of drug-likeness (QED) is 0.181. The fraction of sp³-hybridized carbons (Fsp3) is 0.208. The van der Waals surface area contributed by atoms with Crippen LogP contribution in [0.1, 0.15) is 12.0 Å². The van der Waals surface area contributed by atoms with E-state index in [0.29, 0.717) is 45.4 Å². The highest BCUT2D eigenvalue weighted by Gasteiger charge is 2.28. The average Bonchev–Trinajstić information content (AvgIpc) is 2.83. The topological polar surface area (TPSA) is 152 Å². The third-order valence-corrected chi connectivity index (χ3v) is 6.33. The van der Waals surface area contributed by atoms with Crippen LogP contribution in [0.15, 0.2) is 63.8 Å². The van der Waals surface area contributed by atoms with Crippen molar-refractivity contribution in [3.8, 4) is 11.5 Å². The van der Waals surface area contributed by atoms with E-state index in [-0.39, 0.29) is 16.9 Å². The zero-order chi connectivity index (χ0) is 26.1. The highest BCUT2D eigenvalue weighted by molar-refractivity contribution is 7.46. The Hall–Kier alpha value is -2.82. The van der Waals surface area contributed by atoms with Gasteiger partial charge < -0.3 is 29.8 Å². The summed E-state index contributed by atoms with van der Waals surface area (Å²) in [6, 6.07) is 13.6. The molecule has 1 aromatic heterocycles. The molecule has 0 saturated heterocycles. The maximum absolute atomic E-state index is 13.4. The fourth-order valence-corrected chi connectivity index (χ4v) is 4.18. The second kappa shape index (κ2) is 10.3. The van der Waals surface area contributed by atoms with Crippen molar-refractivity contribution in [2.75, 3.05) is 13.2 Å². The summed E-state index contributed by atoms with van der Waals surface area (Å²) in [5, 5.41) is 10.2. The van der Waals surface area contributed by atoms with Crippen LogP contribution in [0.4, 0.5) is 4.39 Å². The molecule has 0 fully saturated rings. The lowest BCUT2D eigenvalue weighted by Gasteiger charge is -2.27. The maximum Gasteiger partial charge on any atom is 0.469 e. The monoisotopic (exact) mass is 537 g/mol. The smallest absolute Gasteiger partial charge is 0.457 e. The van der Waals surface area contributed by atoms with Crippen molar-refractivity contribution in [1.29, 1.82) is 0 Å². The summed E-state index contributed by atoms with van der Waals surface area (Å²) < 4.78 is 40.4. The van der Waals surface area contributed by atoms with Gasteiger partial charge in [-0.3, -0.25) is 9.32 Å². The minimum absolute atomic E-state index is 0.0817. The van der Waals surface area contributed by atoms with Crippen molar-refractivity contribution >= 4 is 41.4 Å². The molecule has 4 aromatic rings. The Balaban J connectivity index is 1.58. The van der Waals surface area contributed by atoms with Gasteiger partial charge in [0.25, 0.3) is 0 Å². The second-order valence-electron chi connectivity index (χ2n) is 8.38. The summed E-state index contributed by atoms with van der Waals surface area (Å²) in [5.74, 6) is 0.117. The molecule has 1 atom stereocenters. The van der Waals surface area contributed by atoms with Crippen LogP contribution in [0.3, 0.4) is 0 Å². The first-order valence-corrected chi connectivity index (χ1v) is 12.6. The largest absolute Gasteiger partial charge is 0.469 e. The van der Waals surface area contributed by atoms with E-state index in [2.05, 4.69) is 4.52 Å². The minimum Gasteiger partial charge on any atom is -0.457 e. The van der Waals surface area contributed by atoms with E-state index in [1.54, 1.807) is 36.4 Å². The van der Waals surface area contributed by atoms with Crippen molar-refractivity contribution < 1.29 is 37.5 Å². The molecule has 1 heterocycles. The zero-order valence-electron chi connectivity index (χ0n) is 18.7. The maximum atomic E-state index is 13.4. The summed E-state index contributed by atoms with van der Waals surface area (Å²) in [6.07, 6.45) is 0.448. The predicted molar refractivity (Wildman–Crippen MR) is 132 cm³/mol. The van der Waals surface area contributed by atoms with E-state index in [1.807, 2.05) is 0 Å². The predicted octanol–water partition coefficient (Wildman–Crippen LogP) is 4.26. The molecule has 36 heavy (non-hydrogen) atoms. The molecule has 12 heteroatoms. The van der Waals surface area contributed by atoms with Gasteiger partial charge in [0.1, 0.15) is 28.5 Å². The van der Waals surface area contributed by atoms with Crippen LogP contribution in [-0.2, 0) is 15.5 Å². The lowest BCUT2D eigenvalue weighted by Crippen LogP contribution is -2.48. The zero-order valence-corrected chi connectivity index (χ0v) is 20.3. The van der Waals surface area contributed by atoms with Gasteiger partial charge in [-0.2, -0.15) is 0 Å². The number of phosphoric ester groups is 1. The summed E-state index contributed by atoms with van der Waals surface area (Å²) >= 11 is 5.79. The number of nitrogens with two attached hydrogens (primary N) is 1. The number of ether oxygens (including phenoxy) is 1. The van der Waals surface area contributed by atoms with E-state index < -0.39 is 32.4 Å². The first kappa shape index (κ1) is 26.2. The minimum atomic E-state index is -4.74. The number of aliphatic hydroxyl groups is 1. The Morgan fingerprint density at radius 1 is 1.03 bits per heavy atom. The second-order valence-corrected chi connectivity index (χ2v) is 10.0. The van der Waals surface area contributed by atoms with Crippen molar-refractivity contribution in [3.05, 3.63) is 81.2 Å². The Bertz CT molecular complexity index is 1540. The van der Waals surface area contributed by atoms with Crippen LogP contribution >= 0.6 is 19.4 Å². The number of phosphoric acid groups is 1. The van der Waals surface area contributed by atoms with Crippen LogP contribution in [0, 0.1) is 5.82 Å². The molecule has 0 aliphatic heterocycles. The number of fused-ring (bicyclic) bond motifs is 2. The molecule has 0 amide bonds. The highest BCUT2D eigenvalue weighted by Crippen LogP contribution is 2.37. The number of benzene rings is 3. The van der Waals surface area contributed by atoms with Crippen LogP contribution in [0.5, 0.6) is 11.5 Å². The molecule has 0 bridgehead atoms. The van der Waals surface area contributed by atoms with E-state index in [0.717, 1.165) is 0 Å². The summed E-state index contributed by atoms with van der Waals surface area (Å²) in [7, 11) is -4.74. The van der Waals surface area contributed by atoms with Crippen LogP contribution in [-0.4, -0.2) is 33.6 Å². The SMILES string of the molecule is NC(CO)(CCc1ccc2oc3cc(Oc4ccc(F)c(Cl)c4)ccc3c(=O)c2c1)COP(=O)(O)O. The van der Waals surface area contributed by atoms with Gasteiger partial charge in [-0.1, -0.05) is 17.7 Å². The Kier molecular flexibility index (Phi) is 7.49. The third kappa shape index (κ3) is 6.11. The van der Waals surface area contributed by atoms with Gasteiger partial charge in [0, 0.05) is 12.1 Å². The lowest BCUT2D eigenvalue weighted by molar-refractivity contribution is 0.102. The van der Waals surface area contributed by atoms with Gasteiger partial charge in [0.2, 0.25) is 5.43 Å². The molecule has 9 nitrogen and oxygen atoms in total. The van der Waals surface area contributed by atoms with Crippen LogP contribution in [0.2, 0.25) is 5.02 Å². The molecule has 4 rings (SSSR count). The molecule has 0 saturated carbocycles. The molecule has 5 N–H and O–H groups in total. The molecule has 0 aliphatic rings. The van der Waals surface area contributed by atoms with Crippen LogP contribution in [0.25, 0.3) is 21.9 Å². The molecule has 0 aliphatic carbocycles. The number of aryl methyl sites for hydroxylation is 1. The average molecular weight is 538 g/mol. The van der Waals surface area contributed by atoms with E-state index in [1.165, 1.54) is 18.2 Å². The highest BCUT2D eigenvalue weighted by atomic mass is 35.5. The number of halogens is 2. The van der Waals surface area contributed by atoms with Gasteiger partial charge in [0.05, 0.1) is 34.5 Å². The summed E-state index contributed by atoms with van der Waals surface area (Å²) in [4.78, 5) is 30.9. The number of hydrogen-bond donors (Lipinski definition) is 4. The lowest BCUT2D eigenvalue weighted by atomic mass is 9.93. The Morgan fingerprint density at radius 2 is 1.75 bits per heavy atom. The summed E-state index contributed by atoms with van der Waals surface area (Å²) in [6.45, 7) is -1.09. The molecule has 1 unspecified atom stereocenters. The molecule has 3 aromatic carbocycles. The Morgan fingerprint density at radius 3 is 2.44 bits per heavy atom.